The van der Waals surface area contributed by atoms with Crippen molar-refractivity contribution < 1.29 is 5.11 Å². The molecule has 0 aromatic carbocycles. The maximum Gasteiger partial charge on any atom is 0.0650 e. The summed E-state index contributed by atoms with van der Waals surface area (Å²) in [6, 6.07) is 0. The molecule has 1 nitrogen and oxygen atoms in total. The minimum absolute atomic E-state index is 0.313. The van der Waals surface area contributed by atoms with Crippen molar-refractivity contribution in [2.75, 3.05) is 0 Å². The average molecular weight is 226 g/mol. The molecule has 1 saturated carbocycles. The Labute approximate surface area is 102 Å². The van der Waals surface area contributed by atoms with Gasteiger partial charge in [-0.25, -0.2) is 0 Å². The molecule has 1 aliphatic rings. The molecule has 0 radical (unpaired) electrons. The molecule has 1 fully saturated rings. The van der Waals surface area contributed by atoms with Gasteiger partial charge in [0.2, 0.25) is 0 Å². The van der Waals surface area contributed by atoms with Crippen LogP contribution in [0.4, 0.5) is 0 Å². The number of unbranched alkanes of at least 4 members (excludes halogenated alkanes) is 2. The Morgan fingerprint density at radius 1 is 1.31 bits per heavy atom. The van der Waals surface area contributed by atoms with Crippen molar-refractivity contribution in [3.8, 4) is 0 Å². The molecule has 1 rings (SSSR count). The summed E-state index contributed by atoms with van der Waals surface area (Å²) in [5.74, 6) is 1.56. The largest absolute Gasteiger partial charge is 0.390 e. The van der Waals surface area contributed by atoms with E-state index in [1.165, 1.54) is 38.5 Å². The molecule has 16 heavy (non-hydrogen) atoms. The predicted octanol–water partition coefficient (Wildman–Crippen LogP) is 4.53. The lowest BCUT2D eigenvalue weighted by atomic mass is 9.73. The van der Waals surface area contributed by atoms with Gasteiger partial charge < -0.3 is 5.11 Å². The van der Waals surface area contributed by atoms with Gasteiger partial charge in [-0.2, -0.15) is 0 Å². The zero-order valence-electron chi connectivity index (χ0n) is 11.5. The van der Waals surface area contributed by atoms with E-state index in [4.69, 9.17) is 0 Å². The summed E-state index contributed by atoms with van der Waals surface area (Å²) in [6.07, 6.45) is 10.8. The maximum absolute atomic E-state index is 10.6. The lowest BCUT2D eigenvalue weighted by Gasteiger charge is -2.37. The van der Waals surface area contributed by atoms with Crippen LogP contribution < -0.4 is 0 Å². The molecule has 1 heteroatoms. The van der Waals surface area contributed by atoms with Gasteiger partial charge in [0.15, 0.2) is 0 Å². The van der Waals surface area contributed by atoms with Crippen LogP contribution >= 0.6 is 0 Å². The van der Waals surface area contributed by atoms with Crippen molar-refractivity contribution in [1.82, 2.24) is 0 Å². The predicted molar refractivity (Wildman–Crippen MR) is 70.5 cm³/mol. The average Bonchev–Trinajstić information content (AvgIpc) is 2.16. The van der Waals surface area contributed by atoms with Gasteiger partial charge in [0.1, 0.15) is 0 Å². The first-order valence-electron chi connectivity index (χ1n) is 7.28. The van der Waals surface area contributed by atoms with Gasteiger partial charge in [0, 0.05) is 0 Å². The molecular weight excluding hydrogens is 196 g/mol. The quantitative estimate of drug-likeness (QED) is 0.660. The Kier molecular flexibility index (Phi) is 5.82. The van der Waals surface area contributed by atoms with Crippen LogP contribution in [0.25, 0.3) is 0 Å². The Hall–Kier alpha value is -0.0400. The summed E-state index contributed by atoms with van der Waals surface area (Å²) in [5.41, 5.74) is -0.313. The van der Waals surface area contributed by atoms with Crippen LogP contribution in [0.2, 0.25) is 0 Å². The summed E-state index contributed by atoms with van der Waals surface area (Å²) in [7, 11) is 0. The highest BCUT2D eigenvalue weighted by Crippen LogP contribution is 2.38. The molecular formula is C15H30O. The van der Waals surface area contributed by atoms with E-state index >= 15 is 0 Å². The molecule has 0 heterocycles. The van der Waals surface area contributed by atoms with Crippen molar-refractivity contribution in [1.29, 1.82) is 0 Å². The molecule has 0 aliphatic heterocycles. The van der Waals surface area contributed by atoms with Crippen molar-refractivity contribution in [3.63, 3.8) is 0 Å². The maximum atomic E-state index is 10.6. The first-order valence-corrected chi connectivity index (χ1v) is 7.28. The Morgan fingerprint density at radius 2 is 2.06 bits per heavy atom. The van der Waals surface area contributed by atoms with E-state index in [2.05, 4.69) is 20.8 Å². The summed E-state index contributed by atoms with van der Waals surface area (Å²) in [6.45, 7) is 6.82. The highest BCUT2D eigenvalue weighted by molar-refractivity contribution is 4.86. The fourth-order valence-electron chi connectivity index (χ4n) is 3.26. The molecule has 2 unspecified atom stereocenters. The molecule has 0 amide bonds. The van der Waals surface area contributed by atoms with Gasteiger partial charge >= 0.3 is 0 Å². The van der Waals surface area contributed by atoms with E-state index in [1.54, 1.807) is 0 Å². The molecule has 1 aliphatic carbocycles. The monoisotopic (exact) mass is 226 g/mol. The lowest BCUT2D eigenvalue weighted by Crippen LogP contribution is -2.35. The van der Waals surface area contributed by atoms with Gasteiger partial charge in [-0.15, -0.1) is 0 Å². The molecule has 2 atom stereocenters. The molecule has 0 spiro atoms. The second kappa shape index (κ2) is 6.64. The second-order valence-electron chi connectivity index (χ2n) is 6.27. The van der Waals surface area contributed by atoms with Crippen LogP contribution in [-0.2, 0) is 0 Å². The van der Waals surface area contributed by atoms with E-state index in [1.807, 2.05) is 0 Å². The number of hydrogen-bond acceptors (Lipinski definition) is 1. The Morgan fingerprint density at radius 3 is 2.69 bits per heavy atom. The van der Waals surface area contributed by atoms with Crippen LogP contribution in [0, 0.1) is 11.8 Å². The zero-order valence-corrected chi connectivity index (χ0v) is 11.5. The fourth-order valence-corrected chi connectivity index (χ4v) is 3.26. The Balaban J connectivity index is 2.35. The molecule has 0 saturated heterocycles. The minimum atomic E-state index is -0.313. The van der Waals surface area contributed by atoms with E-state index in [9.17, 15) is 5.11 Å². The van der Waals surface area contributed by atoms with Crippen LogP contribution in [0.15, 0.2) is 0 Å². The lowest BCUT2D eigenvalue weighted by molar-refractivity contribution is -0.0280. The smallest absolute Gasteiger partial charge is 0.0650 e. The van der Waals surface area contributed by atoms with E-state index in [-0.39, 0.29) is 5.60 Å². The van der Waals surface area contributed by atoms with Crippen molar-refractivity contribution in [2.45, 2.75) is 84.2 Å². The van der Waals surface area contributed by atoms with Gasteiger partial charge in [-0.3, -0.25) is 0 Å². The standard InChI is InChI=1S/C15H30O/c1-4-5-6-9-15(16)10-7-8-14(12-15)11-13(2)3/h13-14,16H,4-12H2,1-3H3. The molecule has 0 bridgehead atoms. The third-order valence-corrected chi connectivity index (χ3v) is 3.97. The van der Waals surface area contributed by atoms with Crippen molar-refractivity contribution in [3.05, 3.63) is 0 Å². The van der Waals surface area contributed by atoms with Crippen molar-refractivity contribution >= 4 is 0 Å². The summed E-state index contributed by atoms with van der Waals surface area (Å²) >= 11 is 0. The third kappa shape index (κ3) is 4.86. The molecule has 96 valence electrons. The summed E-state index contributed by atoms with van der Waals surface area (Å²) < 4.78 is 0. The first-order chi connectivity index (χ1) is 7.56. The van der Waals surface area contributed by atoms with Crippen LogP contribution in [0.1, 0.15) is 78.6 Å². The van der Waals surface area contributed by atoms with Gasteiger partial charge in [-0.1, -0.05) is 52.9 Å². The van der Waals surface area contributed by atoms with Gasteiger partial charge in [-0.05, 0) is 37.5 Å². The number of aliphatic hydroxyl groups is 1. The van der Waals surface area contributed by atoms with E-state index < -0.39 is 0 Å². The topological polar surface area (TPSA) is 20.2 Å². The molecule has 0 aromatic heterocycles. The molecule has 0 aromatic rings. The number of rotatable bonds is 6. The van der Waals surface area contributed by atoms with Gasteiger partial charge in [0.25, 0.3) is 0 Å². The SMILES string of the molecule is CCCCCC1(O)CCCC(CC(C)C)C1. The zero-order chi connectivity index (χ0) is 12.0. The van der Waals surface area contributed by atoms with Crippen LogP contribution in [0.3, 0.4) is 0 Å². The Bertz CT molecular complexity index is 188. The van der Waals surface area contributed by atoms with Crippen LogP contribution in [-0.4, -0.2) is 10.7 Å². The minimum Gasteiger partial charge on any atom is -0.390 e. The highest BCUT2D eigenvalue weighted by atomic mass is 16.3. The van der Waals surface area contributed by atoms with E-state index in [0.29, 0.717) is 0 Å². The number of hydrogen-bond donors (Lipinski definition) is 1. The first kappa shape index (κ1) is 14.0. The van der Waals surface area contributed by atoms with Crippen LogP contribution in [0.5, 0.6) is 0 Å². The van der Waals surface area contributed by atoms with E-state index in [0.717, 1.165) is 31.1 Å². The van der Waals surface area contributed by atoms with Crippen molar-refractivity contribution in [2.24, 2.45) is 11.8 Å². The second-order valence-corrected chi connectivity index (χ2v) is 6.27. The highest BCUT2D eigenvalue weighted by Gasteiger charge is 2.33. The van der Waals surface area contributed by atoms with Gasteiger partial charge in [0.05, 0.1) is 5.60 Å². The summed E-state index contributed by atoms with van der Waals surface area (Å²) in [5, 5.41) is 10.6. The third-order valence-electron chi connectivity index (χ3n) is 3.97. The fraction of sp³-hybridized carbons (Fsp3) is 1.00. The summed E-state index contributed by atoms with van der Waals surface area (Å²) in [4.78, 5) is 0. The normalized spacial score (nSPS) is 30.9. The molecule has 1 N–H and O–H groups in total.